The zero-order valence-electron chi connectivity index (χ0n) is 10.3. The summed E-state index contributed by atoms with van der Waals surface area (Å²) in [5.41, 5.74) is 0. The first kappa shape index (κ1) is 14.9. The largest absolute Gasteiger partial charge is 0.481 e. The monoisotopic (exact) mass is 224 g/mol. The normalized spacial score (nSPS) is 11.6. The molecule has 0 heterocycles. The summed E-state index contributed by atoms with van der Waals surface area (Å²) in [6, 6.07) is 0. The number of hydrogen-bond acceptors (Lipinski definition) is 1. The highest BCUT2D eigenvalue weighted by atomic mass is 16.4. The SMILES string of the molecule is CCCCC/C=C\C=C\CCCCC(=O)O. The zero-order valence-corrected chi connectivity index (χ0v) is 10.3. The van der Waals surface area contributed by atoms with E-state index in [-0.39, 0.29) is 0 Å². The molecule has 0 aromatic carbocycles. The molecule has 0 radical (unpaired) electrons. The lowest BCUT2D eigenvalue weighted by Crippen LogP contribution is -1.92. The van der Waals surface area contributed by atoms with E-state index < -0.39 is 5.97 Å². The quantitative estimate of drug-likeness (QED) is 0.443. The first-order valence-electron chi connectivity index (χ1n) is 6.30. The molecule has 0 aliphatic carbocycles. The molecule has 0 saturated carbocycles. The Kier molecular flexibility index (Phi) is 11.2. The van der Waals surface area contributed by atoms with Gasteiger partial charge in [0, 0.05) is 6.42 Å². The minimum absolute atomic E-state index is 0.292. The van der Waals surface area contributed by atoms with Crippen molar-refractivity contribution in [3.63, 3.8) is 0 Å². The van der Waals surface area contributed by atoms with E-state index in [1.54, 1.807) is 0 Å². The Morgan fingerprint density at radius 1 is 1.00 bits per heavy atom. The maximum absolute atomic E-state index is 10.2. The molecular weight excluding hydrogens is 200 g/mol. The van der Waals surface area contributed by atoms with E-state index in [1.165, 1.54) is 19.3 Å². The lowest BCUT2D eigenvalue weighted by Gasteiger charge is -1.92. The van der Waals surface area contributed by atoms with E-state index >= 15 is 0 Å². The summed E-state index contributed by atoms with van der Waals surface area (Å²) in [7, 11) is 0. The van der Waals surface area contributed by atoms with E-state index in [9.17, 15) is 4.79 Å². The molecule has 2 nitrogen and oxygen atoms in total. The van der Waals surface area contributed by atoms with Gasteiger partial charge in [0.15, 0.2) is 0 Å². The summed E-state index contributed by atoms with van der Waals surface area (Å²) in [5, 5.41) is 8.43. The maximum atomic E-state index is 10.2. The van der Waals surface area contributed by atoms with Crippen LogP contribution >= 0.6 is 0 Å². The standard InChI is InChI=1S/C14H24O2/c1-2-3-4-5-6-7-8-9-10-11-12-13-14(15)16/h6-9H,2-5,10-13H2,1H3,(H,15,16)/b7-6-,9-8+. The first-order chi connectivity index (χ1) is 7.77. The minimum Gasteiger partial charge on any atom is -0.481 e. The summed E-state index contributed by atoms with van der Waals surface area (Å²) in [6.45, 7) is 2.21. The van der Waals surface area contributed by atoms with Gasteiger partial charge < -0.3 is 5.11 Å². The number of aliphatic carboxylic acids is 1. The molecule has 0 atom stereocenters. The van der Waals surface area contributed by atoms with Crippen LogP contribution in [0.4, 0.5) is 0 Å². The Morgan fingerprint density at radius 3 is 2.06 bits per heavy atom. The van der Waals surface area contributed by atoms with E-state index in [4.69, 9.17) is 5.11 Å². The summed E-state index contributed by atoms with van der Waals surface area (Å²) >= 11 is 0. The van der Waals surface area contributed by atoms with Crippen LogP contribution in [0.1, 0.15) is 58.3 Å². The average Bonchev–Trinajstić information content (AvgIpc) is 2.25. The molecule has 0 unspecified atom stereocenters. The van der Waals surface area contributed by atoms with Crippen LogP contribution in [0.5, 0.6) is 0 Å². The Labute approximate surface area is 99.1 Å². The third-order valence-electron chi connectivity index (χ3n) is 2.37. The third kappa shape index (κ3) is 12.9. The van der Waals surface area contributed by atoms with Crippen molar-refractivity contribution in [2.45, 2.75) is 58.3 Å². The Hall–Kier alpha value is -1.05. The van der Waals surface area contributed by atoms with Crippen LogP contribution in [0.15, 0.2) is 24.3 Å². The van der Waals surface area contributed by atoms with E-state index in [0.717, 1.165) is 25.7 Å². The molecule has 2 heteroatoms. The van der Waals surface area contributed by atoms with Gasteiger partial charge in [0.1, 0.15) is 0 Å². The van der Waals surface area contributed by atoms with Crippen molar-refractivity contribution in [1.29, 1.82) is 0 Å². The van der Waals surface area contributed by atoms with Gasteiger partial charge in [0.2, 0.25) is 0 Å². The molecule has 0 bridgehead atoms. The summed E-state index contributed by atoms with van der Waals surface area (Å²) in [6.07, 6.45) is 16.5. The molecule has 0 aliphatic heterocycles. The highest BCUT2D eigenvalue weighted by Crippen LogP contribution is 2.02. The molecule has 0 aromatic rings. The minimum atomic E-state index is -0.695. The Morgan fingerprint density at radius 2 is 1.56 bits per heavy atom. The fourth-order valence-corrected chi connectivity index (χ4v) is 1.40. The van der Waals surface area contributed by atoms with Crippen LogP contribution in [0.3, 0.4) is 0 Å². The van der Waals surface area contributed by atoms with Crippen molar-refractivity contribution >= 4 is 5.97 Å². The van der Waals surface area contributed by atoms with E-state index in [0.29, 0.717) is 6.42 Å². The third-order valence-corrected chi connectivity index (χ3v) is 2.37. The van der Waals surface area contributed by atoms with Gasteiger partial charge in [-0.05, 0) is 32.1 Å². The number of carbonyl (C=O) groups is 1. The highest BCUT2D eigenvalue weighted by Gasteiger charge is 1.93. The summed E-state index contributed by atoms with van der Waals surface area (Å²) in [5.74, 6) is -0.695. The molecule has 1 N–H and O–H groups in total. The van der Waals surface area contributed by atoms with Crippen molar-refractivity contribution in [2.24, 2.45) is 0 Å². The molecule has 92 valence electrons. The van der Waals surface area contributed by atoms with Crippen LogP contribution < -0.4 is 0 Å². The van der Waals surface area contributed by atoms with Crippen LogP contribution in [0.25, 0.3) is 0 Å². The summed E-state index contributed by atoms with van der Waals surface area (Å²) in [4.78, 5) is 10.2. The van der Waals surface area contributed by atoms with Gasteiger partial charge in [-0.1, -0.05) is 44.1 Å². The van der Waals surface area contributed by atoms with Gasteiger partial charge in [-0.2, -0.15) is 0 Å². The predicted molar refractivity (Wildman–Crippen MR) is 68.5 cm³/mol. The molecule has 0 fully saturated rings. The van der Waals surface area contributed by atoms with Gasteiger partial charge in [0.05, 0.1) is 0 Å². The van der Waals surface area contributed by atoms with Crippen molar-refractivity contribution in [1.82, 2.24) is 0 Å². The van der Waals surface area contributed by atoms with Gasteiger partial charge in [-0.15, -0.1) is 0 Å². The number of allylic oxidation sites excluding steroid dienone is 4. The zero-order chi connectivity index (χ0) is 12.1. The van der Waals surface area contributed by atoms with Crippen LogP contribution in [-0.2, 0) is 4.79 Å². The highest BCUT2D eigenvalue weighted by molar-refractivity contribution is 5.66. The summed E-state index contributed by atoms with van der Waals surface area (Å²) < 4.78 is 0. The van der Waals surface area contributed by atoms with Crippen LogP contribution in [-0.4, -0.2) is 11.1 Å². The smallest absolute Gasteiger partial charge is 0.303 e. The van der Waals surface area contributed by atoms with Gasteiger partial charge in [-0.3, -0.25) is 4.79 Å². The average molecular weight is 224 g/mol. The van der Waals surface area contributed by atoms with Gasteiger partial charge >= 0.3 is 5.97 Å². The van der Waals surface area contributed by atoms with Crippen LogP contribution in [0, 0.1) is 0 Å². The Balaban J connectivity index is 3.23. The predicted octanol–water partition coefficient (Wildman–Crippen LogP) is 4.32. The van der Waals surface area contributed by atoms with Crippen molar-refractivity contribution in [3.8, 4) is 0 Å². The molecule has 0 aliphatic rings. The topological polar surface area (TPSA) is 37.3 Å². The van der Waals surface area contributed by atoms with E-state index in [2.05, 4.69) is 31.2 Å². The number of carboxylic acids is 1. The second-order valence-electron chi connectivity index (χ2n) is 3.99. The number of unbranched alkanes of at least 4 members (excludes halogenated alkanes) is 5. The van der Waals surface area contributed by atoms with E-state index in [1.807, 2.05) is 0 Å². The Bertz CT molecular complexity index is 217. The van der Waals surface area contributed by atoms with Crippen LogP contribution in [0.2, 0.25) is 0 Å². The maximum Gasteiger partial charge on any atom is 0.303 e. The van der Waals surface area contributed by atoms with Gasteiger partial charge in [-0.25, -0.2) is 0 Å². The second kappa shape index (κ2) is 12.0. The number of rotatable bonds is 10. The van der Waals surface area contributed by atoms with Crippen molar-refractivity contribution in [3.05, 3.63) is 24.3 Å². The molecule has 0 amide bonds. The lowest BCUT2D eigenvalue weighted by molar-refractivity contribution is -0.137. The number of carboxylic acid groups (broad SMARTS) is 1. The first-order valence-corrected chi connectivity index (χ1v) is 6.30. The molecular formula is C14H24O2. The number of hydrogen-bond donors (Lipinski definition) is 1. The lowest BCUT2D eigenvalue weighted by atomic mass is 10.2. The molecule has 0 rings (SSSR count). The molecule has 0 aromatic heterocycles. The van der Waals surface area contributed by atoms with Crippen molar-refractivity contribution in [2.75, 3.05) is 0 Å². The van der Waals surface area contributed by atoms with Crippen molar-refractivity contribution < 1.29 is 9.90 Å². The second-order valence-corrected chi connectivity index (χ2v) is 3.99. The fraction of sp³-hybridized carbons (Fsp3) is 0.643. The molecule has 0 saturated heterocycles. The fourth-order valence-electron chi connectivity index (χ4n) is 1.40. The molecule has 0 spiro atoms. The van der Waals surface area contributed by atoms with Gasteiger partial charge in [0.25, 0.3) is 0 Å². The molecule has 16 heavy (non-hydrogen) atoms.